The number of carbonyl (C=O) groups is 1. The van der Waals surface area contributed by atoms with Gasteiger partial charge < -0.3 is 5.32 Å². The minimum Gasteiger partial charge on any atom is -0.342 e. The van der Waals surface area contributed by atoms with Gasteiger partial charge in [-0.25, -0.2) is 9.97 Å². The third-order valence-corrected chi connectivity index (χ3v) is 1.85. The molecule has 0 unspecified atom stereocenters. The van der Waals surface area contributed by atoms with Gasteiger partial charge in [-0.1, -0.05) is 0 Å². The van der Waals surface area contributed by atoms with Crippen LogP contribution < -0.4 is 5.32 Å². The van der Waals surface area contributed by atoms with Gasteiger partial charge in [0, 0.05) is 7.05 Å². The summed E-state index contributed by atoms with van der Waals surface area (Å²) in [4.78, 5) is 19.4. The van der Waals surface area contributed by atoms with Crippen LogP contribution in [-0.2, 0) is 13.6 Å². The first-order valence-electron chi connectivity index (χ1n) is 4.67. The van der Waals surface area contributed by atoms with Gasteiger partial charge >= 0.3 is 0 Å². The Bertz CT molecular complexity index is 500. The smallest absolute Gasteiger partial charge is 0.291 e. The summed E-state index contributed by atoms with van der Waals surface area (Å²) in [6.07, 6.45) is 1.57. The van der Waals surface area contributed by atoms with Gasteiger partial charge in [0.2, 0.25) is 5.82 Å². The zero-order chi connectivity index (χ0) is 11.5. The highest BCUT2D eigenvalue weighted by molar-refractivity contribution is 5.90. The maximum Gasteiger partial charge on any atom is 0.291 e. The lowest BCUT2D eigenvalue weighted by Crippen LogP contribution is -2.24. The Hall–Kier alpha value is -2.25. The maximum absolute atomic E-state index is 11.5. The number of rotatable bonds is 3. The van der Waals surface area contributed by atoms with E-state index in [0.29, 0.717) is 11.6 Å². The van der Waals surface area contributed by atoms with Crippen LogP contribution in [0.1, 0.15) is 22.3 Å². The van der Waals surface area contributed by atoms with Crippen LogP contribution in [0.25, 0.3) is 0 Å². The summed E-state index contributed by atoms with van der Waals surface area (Å²) >= 11 is 0. The van der Waals surface area contributed by atoms with Crippen LogP contribution in [0.2, 0.25) is 0 Å². The molecule has 0 aromatic carbocycles. The number of aromatic nitrogens is 6. The molecule has 0 aliphatic heterocycles. The summed E-state index contributed by atoms with van der Waals surface area (Å²) in [6, 6.07) is 0. The standard InChI is InChI=1S/C8H11N7O/c1-5-11-7(13-12-5)8(16)9-3-6-10-4-15(2)14-6/h4H,3H2,1-2H3,(H,9,16)(H,11,12,13). The average molecular weight is 221 g/mol. The molecule has 2 heterocycles. The summed E-state index contributed by atoms with van der Waals surface area (Å²) < 4.78 is 1.57. The third kappa shape index (κ3) is 2.22. The van der Waals surface area contributed by atoms with E-state index in [0.717, 1.165) is 0 Å². The number of aryl methyl sites for hydroxylation is 2. The van der Waals surface area contributed by atoms with Gasteiger partial charge in [-0.3, -0.25) is 14.6 Å². The largest absolute Gasteiger partial charge is 0.342 e. The van der Waals surface area contributed by atoms with Gasteiger partial charge in [0.1, 0.15) is 12.2 Å². The number of hydrogen-bond acceptors (Lipinski definition) is 5. The molecule has 0 bridgehead atoms. The summed E-state index contributed by atoms with van der Waals surface area (Å²) in [7, 11) is 1.76. The Morgan fingerprint density at radius 1 is 1.62 bits per heavy atom. The van der Waals surface area contributed by atoms with E-state index in [4.69, 9.17) is 0 Å². The summed E-state index contributed by atoms with van der Waals surface area (Å²) in [5.41, 5.74) is 0. The summed E-state index contributed by atoms with van der Waals surface area (Å²) in [5, 5.41) is 13.0. The van der Waals surface area contributed by atoms with E-state index in [-0.39, 0.29) is 18.3 Å². The van der Waals surface area contributed by atoms with Crippen LogP contribution >= 0.6 is 0 Å². The lowest BCUT2D eigenvalue weighted by atomic mass is 10.5. The molecule has 0 saturated heterocycles. The molecular formula is C8H11N7O. The van der Waals surface area contributed by atoms with Crippen LogP contribution in [0.5, 0.6) is 0 Å². The van der Waals surface area contributed by atoms with Crippen LogP contribution in [-0.4, -0.2) is 35.9 Å². The summed E-state index contributed by atoms with van der Waals surface area (Å²) in [6.45, 7) is 1.98. The molecule has 2 aromatic heterocycles. The molecule has 16 heavy (non-hydrogen) atoms. The molecule has 0 spiro atoms. The number of nitrogens with zero attached hydrogens (tertiary/aromatic N) is 5. The van der Waals surface area contributed by atoms with Gasteiger partial charge in [-0.2, -0.15) is 5.10 Å². The van der Waals surface area contributed by atoms with Crippen LogP contribution in [0.3, 0.4) is 0 Å². The molecule has 84 valence electrons. The number of aromatic amines is 1. The first-order chi connectivity index (χ1) is 7.65. The van der Waals surface area contributed by atoms with E-state index in [1.165, 1.54) is 0 Å². The molecule has 0 saturated carbocycles. The average Bonchev–Trinajstić information content (AvgIpc) is 2.84. The fourth-order valence-electron chi connectivity index (χ4n) is 1.15. The molecule has 8 nitrogen and oxygen atoms in total. The van der Waals surface area contributed by atoms with Crippen LogP contribution in [0, 0.1) is 6.92 Å². The van der Waals surface area contributed by atoms with Crippen molar-refractivity contribution >= 4 is 5.91 Å². The first-order valence-corrected chi connectivity index (χ1v) is 4.67. The number of hydrogen-bond donors (Lipinski definition) is 2. The third-order valence-electron chi connectivity index (χ3n) is 1.85. The van der Waals surface area contributed by atoms with E-state index >= 15 is 0 Å². The first kappa shape index (κ1) is 10.3. The quantitative estimate of drug-likeness (QED) is 0.704. The highest BCUT2D eigenvalue weighted by atomic mass is 16.2. The highest BCUT2D eigenvalue weighted by Gasteiger charge is 2.11. The number of amides is 1. The number of nitrogens with one attached hydrogen (secondary N) is 2. The molecule has 2 N–H and O–H groups in total. The van der Waals surface area contributed by atoms with Crippen molar-refractivity contribution in [2.75, 3.05) is 0 Å². The second kappa shape index (κ2) is 4.09. The van der Waals surface area contributed by atoms with Crippen molar-refractivity contribution < 1.29 is 4.79 Å². The molecule has 8 heteroatoms. The van der Waals surface area contributed by atoms with E-state index in [1.807, 2.05) is 0 Å². The molecule has 0 fully saturated rings. The number of carbonyl (C=O) groups excluding carboxylic acids is 1. The fraction of sp³-hybridized carbons (Fsp3) is 0.375. The Morgan fingerprint density at radius 3 is 3.00 bits per heavy atom. The Labute approximate surface area is 91.1 Å². The van der Waals surface area contributed by atoms with Crippen molar-refractivity contribution in [3.63, 3.8) is 0 Å². The summed E-state index contributed by atoms with van der Waals surface area (Å²) in [5.74, 6) is 0.912. The van der Waals surface area contributed by atoms with Gasteiger partial charge in [0.05, 0.1) is 6.54 Å². The van der Waals surface area contributed by atoms with Gasteiger partial charge in [-0.05, 0) is 6.92 Å². The van der Waals surface area contributed by atoms with Crippen molar-refractivity contribution in [1.29, 1.82) is 0 Å². The van der Waals surface area contributed by atoms with E-state index in [1.54, 1.807) is 25.0 Å². The van der Waals surface area contributed by atoms with Crippen molar-refractivity contribution in [2.45, 2.75) is 13.5 Å². The molecule has 0 atom stereocenters. The minimum atomic E-state index is -0.350. The second-order valence-corrected chi connectivity index (χ2v) is 3.26. The zero-order valence-corrected chi connectivity index (χ0v) is 8.93. The minimum absolute atomic E-state index is 0.119. The van der Waals surface area contributed by atoms with Crippen LogP contribution in [0.4, 0.5) is 0 Å². The van der Waals surface area contributed by atoms with Crippen molar-refractivity contribution in [2.24, 2.45) is 7.05 Å². The van der Waals surface area contributed by atoms with Crippen LogP contribution in [0.15, 0.2) is 6.33 Å². The van der Waals surface area contributed by atoms with Crippen molar-refractivity contribution in [1.82, 2.24) is 35.3 Å². The molecule has 0 radical (unpaired) electrons. The monoisotopic (exact) mass is 221 g/mol. The number of H-pyrrole nitrogens is 1. The van der Waals surface area contributed by atoms with Gasteiger partial charge in [0.15, 0.2) is 5.82 Å². The maximum atomic E-state index is 11.5. The molecule has 2 rings (SSSR count). The molecular weight excluding hydrogens is 210 g/mol. The Morgan fingerprint density at radius 2 is 2.44 bits per heavy atom. The predicted molar refractivity (Wildman–Crippen MR) is 53.3 cm³/mol. The van der Waals surface area contributed by atoms with E-state index in [2.05, 4.69) is 30.6 Å². The van der Waals surface area contributed by atoms with E-state index < -0.39 is 0 Å². The predicted octanol–water partition coefficient (Wildman–Crippen LogP) is -0.828. The Balaban J connectivity index is 1.93. The SMILES string of the molecule is Cc1nc(C(=O)NCc2ncn(C)n2)n[nH]1. The van der Waals surface area contributed by atoms with Crippen molar-refractivity contribution in [3.05, 3.63) is 23.8 Å². The van der Waals surface area contributed by atoms with E-state index in [9.17, 15) is 4.79 Å². The molecule has 0 aliphatic rings. The normalized spacial score (nSPS) is 10.4. The second-order valence-electron chi connectivity index (χ2n) is 3.26. The molecule has 2 aromatic rings. The Kier molecular flexibility index (Phi) is 2.63. The lowest BCUT2D eigenvalue weighted by molar-refractivity contribution is 0.0940. The molecule has 1 amide bonds. The fourth-order valence-corrected chi connectivity index (χ4v) is 1.15. The topological polar surface area (TPSA) is 101 Å². The van der Waals surface area contributed by atoms with Gasteiger partial charge in [-0.15, -0.1) is 5.10 Å². The van der Waals surface area contributed by atoms with Crippen molar-refractivity contribution in [3.8, 4) is 0 Å². The highest BCUT2D eigenvalue weighted by Crippen LogP contribution is 1.92. The van der Waals surface area contributed by atoms with Gasteiger partial charge in [0.25, 0.3) is 5.91 Å². The zero-order valence-electron chi connectivity index (χ0n) is 8.93. The lowest BCUT2D eigenvalue weighted by Gasteiger charge is -1.97. The molecule has 0 aliphatic carbocycles.